The Morgan fingerprint density at radius 3 is 2.79 bits per heavy atom. The highest BCUT2D eigenvalue weighted by Gasteiger charge is 2.42. The molecule has 174 valence electrons. The molecular formula is C22H23F3N6O2. The molecule has 1 amide bonds. The number of rotatable bonds is 2. The number of pyridine rings is 2. The Hall–Kier alpha value is -3.37. The Balaban J connectivity index is 1.42. The van der Waals surface area contributed by atoms with Crippen molar-refractivity contribution >= 4 is 23.1 Å². The van der Waals surface area contributed by atoms with E-state index in [0.717, 1.165) is 24.1 Å². The van der Waals surface area contributed by atoms with E-state index in [2.05, 4.69) is 10.1 Å². The molecule has 0 radical (unpaired) electrons. The Labute approximate surface area is 187 Å². The number of likely N-dealkylation sites (tertiary alicyclic amines) is 1. The summed E-state index contributed by atoms with van der Waals surface area (Å²) in [7, 11) is 1.59. The fraction of sp³-hybridized carbons (Fsp3) is 0.455. The monoisotopic (exact) mass is 460 g/mol. The van der Waals surface area contributed by atoms with Crippen molar-refractivity contribution in [3.63, 3.8) is 0 Å². The van der Waals surface area contributed by atoms with Crippen LogP contribution in [0.25, 0.3) is 5.65 Å². The second kappa shape index (κ2) is 7.89. The van der Waals surface area contributed by atoms with Crippen molar-refractivity contribution < 1.29 is 18.0 Å². The lowest BCUT2D eigenvalue weighted by Gasteiger charge is -2.34. The van der Waals surface area contributed by atoms with Gasteiger partial charge in [0.1, 0.15) is 5.82 Å². The predicted octanol–water partition coefficient (Wildman–Crippen LogP) is 2.93. The Bertz CT molecular complexity index is 1280. The van der Waals surface area contributed by atoms with Gasteiger partial charge in [-0.05, 0) is 43.4 Å². The zero-order chi connectivity index (χ0) is 23.3. The molecule has 0 unspecified atom stereocenters. The number of nitrogens with zero attached hydrogens (tertiary/aromatic N) is 6. The van der Waals surface area contributed by atoms with Crippen LogP contribution in [0.15, 0.2) is 35.4 Å². The maximum absolute atomic E-state index is 13.2. The van der Waals surface area contributed by atoms with Gasteiger partial charge in [0.15, 0.2) is 5.65 Å². The third-order valence-electron chi connectivity index (χ3n) is 6.41. The van der Waals surface area contributed by atoms with Crippen LogP contribution in [0.5, 0.6) is 0 Å². The number of aryl methyl sites for hydroxylation is 2. The average molecular weight is 460 g/mol. The van der Waals surface area contributed by atoms with Crippen molar-refractivity contribution in [2.24, 2.45) is 13.0 Å². The highest BCUT2D eigenvalue weighted by Crippen LogP contribution is 2.35. The van der Waals surface area contributed by atoms with Crippen LogP contribution in [0.2, 0.25) is 0 Å². The molecule has 0 aliphatic carbocycles. The molecule has 0 saturated carbocycles. The lowest BCUT2D eigenvalue weighted by molar-refractivity contribution is -0.184. The van der Waals surface area contributed by atoms with Crippen molar-refractivity contribution in [2.45, 2.75) is 31.9 Å². The molecule has 5 heterocycles. The van der Waals surface area contributed by atoms with E-state index in [-0.39, 0.29) is 18.7 Å². The molecular weight excluding hydrogens is 437 g/mol. The van der Waals surface area contributed by atoms with Gasteiger partial charge in [0.2, 0.25) is 0 Å². The number of amides is 1. The average Bonchev–Trinajstić information content (AvgIpc) is 3.10. The topological polar surface area (TPSA) is 75.7 Å². The molecule has 33 heavy (non-hydrogen) atoms. The molecule has 0 aromatic carbocycles. The van der Waals surface area contributed by atoms with Crippen LogP contribution in [0.3, 0.4) is 0 Å². The quantitative estimate of drug-likeness (QED) is 0.588. The molecule has 1 atom stereocenters. The van der Waals surface area contributed by atoms with Gasteiger partial charge < -0.3 is 9.80 Å². The van der Waals surface area contributed by atoms with Crippen LogP contribution in [-0.4, -0.2) is 55.8 Å². The molecule has 3 aromatic rings. The summed E-state index contributed by atoms with van der Waals surface area (Å²) in [4.78, 5) is 32.8. The highest BCUT2D eigenvalue weighted by atomic mass is 19.4. The van der Waals surface area contributed by atoms with E-state index in [1.54, 1.807) is 19.3 Å². The predicted molar refractivity (Wildman–Crippen MR) is 115 cm³/mol. The zero-order valence-electron chi connectivity index (χ0n) is 18.0. The summed E-state index contributed by atoms with van der Waals surface area (Å²) in [5.74, 6) is -1.19. The minimum absolute atomic E-state index is 0.0530. The third-order valence-corrected chi connectivity index (χ3v) is 6.41. The minimum Gasteiger partial charge on any atom is -0.338 e. The van der Waals surface area contributed by atoms with Gasteiger partial charge in [0.25, 0.3) is 5.91 Å². The number of hydrogen-bond acceptors (Lipinski definition) is 5. The van der Waals surface area contributed by atoms with Gasteiger partial charge in [0, 0.05) is 50.8 Å². The number of aromatic nitrogens is 4. The number of carbonyl (C=O) groups is 1. The van der Waals surface area contributed by atoms with E-state index in [1.807, 2.05) is 17.0 Å². The number of piperidine rings is 1. The van der Waals surface area contributed by atoms with Crippen molar-refractivity contribution in [1.29, 1.82) is 0 Å². The summed E-state index contributed by atoms with van der Waals surface area (Å²) in [6.07, 6.45) is 0.745. The first kappa shape index (κ1) is 21.5. The maximum Gasteiger partial charge on any atom is 0.393 e. The van der Waals surface area contributed by atoms with Gasteiger partial charge >= 0.3 is 11.9 Å². The first-order valence-electron chi connectivity index (χ1n) is 10.9. The van der Waals surface area contributed by atoms with Crippen molar-refractivity contribution in [3.8, 4) is 0 Å². The zero-order valence-corrected chi connectivity index (χ0v) is 18.0. The van der Waals surface area contributed by atoms with Gasteiger partial charge in [-0.3, -0.25) is 9.20 Å². The molecule has 3 aromatic heterocycles. The van der Waals surface area contributed by atoms with Crippen LogP contribution >= 0.6 is 0 Å². The molecule has 0 bridgehead atoms. The molecule has 5 rings (SSSR count). The van der Waals surface area contributed by atoms with Crippen molar-refractivity contribution in [2.75, 3.05) is 24.5 Å². The fourth-order valence-corrected chi connectivity index (χ4v) is 4.68. The van der Waals surface area contributed by atoms with Gasteiger partial charge in [-0.1, -0.05) is 0 Å². The van der Waals surface area contributed by atoms with Gasteiger partial charge in [0.05, 0.1) is 11.5 Å². The summed E-state index contributed by atoms with van der Waals surface area (Å²) in [5.41, 5.74) is 2.29. The van der Waals surface area contributed by atoms with Gasteiger partial charge in [-0.15, -0.1) is 0 Å². The van der Waals surface area contributed by atoms with E-state index >= 15 is 0 Å². The molecule has 11 heteroatoms. The standard InChI is InChI=1S/C22H23F3N6O2/c1-28-21(33)31-9-6-17(11-18(31)27-28)30-8-2-4-14-10-15(12-26-19(14)30)20(32)29-7-3-5-16(13-29)22(23,24)25/h6,9-12,16H,2-5,7-8,13H2,1H3/t16-/m1/s1. The highest BCUT2D eigenvalue weighted by molar-refractivity contribution is 5.94. The van der Waals surface area contributed by atoms with E-state index in [0.29, 0.717) is 36.5 Å². The molecule has 0 spiro atoms. The first-order chi connectivity index (χ1) is 15.7. The first-order valence-corrected chi connectivity index (χ1v) is 10.9. The van der Waals surface area contributed by atoms with E-state index in [1.165, 1.54) is 20.2 Å². The van der Waals surface area contributed by atoms with Crippen molar-refractivity contribution in [3.05, 3.63) is 52.2 Å². The molecule has 1 saturated heterocycles. The number of halogens is 3. The van der Waals surface area contributed by atoms with Crippen LogP contribution in [0.1, 0.15) is 35.2 Å². The maximum atomic E-state index is 13.2. The molecule has 0 N–H and O–H groups in total. The largest absolute Gasteiger partial charge is 0.393 e. The SMILES string of the molecule is Cn1nc2cc(N3CCCc4cc(C(=O)N5CCC[C@@H](C(F)(F)F)C5)cnc43)ccn2c1=O. The normalized spacial score (nSPS) is 19.1. The number of anilines is 2. The van der Waals surface area contributed by atoms with E-state index < -0.39 is 18.0 Å². The van der Waals surface area contributed by atoms with Gasteiger partial charge in [-0.2, -0.15) is 18.3 Å². The second-order valence-corrected chi connectivity index (χ2v) is 8.61. The van der Waals surface area contributed by atoms with Crippen LogP contribution in [0.4, 0.5) is 24.7 Å². The van der Waals surface area contributed by atoms with Crippen LogP contribution in [0, 0.1) is 5.92 Å². The summed E-state index contributed by atoms with van der Waals surface area (Å²) in [5, 5.41) is 4.23. The summed E-state index contributed by atoms with van der Waals surface area (Å²) >= 11 is 0. The molecule has 8 nitrogen and oxygen atoms in total. The number of alkyl halides is 3. The number of carbonyl (C=O) groups excluding carboxylic acids is 1. The summed E-state index contributed by atoms with van der Waals surface area (Å²) < 4.78 is 42.2. The number of hydrogen-bond donors (Lipinski definition) is 0. The minimum atomic E-state index is -4.30. The molecule has 2 aliphatic heterocycles. The molecule has 1 fully saturated rings. The lowest BCUT2D eigenvalue weighted by Crippen LogP contribution is -2.44. The number of fused-ring (bicyclic) bond motifs is 2. The van der Waals surface area contributed by atoms with Crippen molar-refractivity contribution in [1.82, 2.24) is 24.1 Å². The lowest BCUT2D eigenvalue weighted by atomic mass is 9.96. The van der Waals surface area contributed by atoms with Crippen LogP contribution in [-0.2, 0) is 13.5 Å². The Morgan fingerprint density at radius 2 is 2.00 bits per heavy atom. The Morgan fingerprint density at radius 1 is 1.18 bits per heavy atom. The smallest absolute Gasteiger partial charge is 0.338 e. The Kier molecular flexibility index (Phi) is 5.13. The fourth-order valence-electron chi connectivity index (χ4n) is 4.68. The van der Waals surface area contributed by atoms with E-state index in [4.69, 9.17) is 0 Å². The summed E-state index contributed by atoms with van der Waals surface area (Å²) in [6.45, 7) is 0.715. The summed E-state index contributed by atoms with van der Waals surface area (Å²) in [6, 6.07) is 5.37. The molecule has 2 aliphatic rings. The van der Waals surface area contributed by atoms with Gasteiger partial charge in [-0.25, -0.2) is 14.5 Å². The van der Waals surface area contributed by atoms with E-state index in [9.17, 15) is 22.8 Å². The van der Waals surface area contributed by atoms with Crippen LogP contribution < -0.4 is 10.6 Å². The second-order valence-electron chi connectivity index (χ2n) is 8.61. The third kappa shape index (κ3) is 3.85.